The number of nitrogens with zero attached hydrogens (tertiary/aromatic N) is 1. The minimum atomic E-state index is -0.700. The molecular weight excluding hydrogens is 456 g/mol. The molecule has 5 nitrogen and oxygen atoms in total. The maximum atomic E-state index is 8.87. The maximum Gasteiger partial charge on any atom is 0.640 e. The molecule has 140 valence electrons. The van der Waals surface area contributed by atoms with Gasteiger partial charge in [-0.25, -0.2) is 0 Å². The predicted octanol–water partition coefficient (Wildman–Crippen LogP) is 5.06. The summed E-state index contributed by atoms with van der Waals surface area (Å²) < 4.78 is 24.5. The lowest BCUT2D eigenvalue weighted by Crippen LogP contribution is -2.41. The van der Waals surface area contributed by atoms with Crippen LogP contribution in [0.2, 0.25) is 0 Å². The van der Waals surface area contributed by atoms with E-state index in [1.54, 1.807) is 24.3 Å². The Morgan fingerprint density at radius 1 is 1.00 bits per heavy atom. The summed E-state index contributed by atoms with van der Waals surface area (Å²) in [5, 5.41) is 8.87. The van der Waals surface area contributed by atoms with Crippen LogP contribution in [-0.4, -0.2) is 18.5 Å². The summed E-state index contributed by atoms with van der Waals surface area (Å²) >= 11 is 2.26. The quantitative estimate of drug-likeness (QED) is 0.445. The van der Waals surface area contributed by atoms with E-state index in [-0.39, 0.29) is 0 Å². The van der Waals surface area contributed by atoms with Gasteiger partial charge in [-0.2, -0.15) is 5.26 Å². The van der Waals surface area contributed by atoms with Crippen LogP contribution in [0.3, 0.4) is 0 Å². The molecule has 2 aromatic carbocycles. The molecule has 0 unspecified atom stereocenters. The SMILES string of the molecule is CC1(C)OB(OCc2cc(Oc3ccc(C#N)cc3)ccc2I)OC1(C)C. The average Bonchev–Trinajstić information content (AvgIpc) is 2.83. The van der Waals surface area contributed by atoms with Crippen LogP contribution in [-0.2, 0) is 20.6 Å². The molecule has 0 aliphatic carbocycles. The highest BCUT2D eigenvalue weighted by Crippen LogP contribution is 2.37. The fourth-order valence-corrected chi connectivity index (χ4v) is 2.96. The maximum absolute atomic E-state index is 8.87. The smallest absolute Gasteiger partial charge is 0.457 e. The number of ether oxygens (including phenoxy) is 1. The Hall–Kier alpha value is -1.60. The van der Waals surface area contributed by atoms with E-state index in [2.05, 4.69) is 28.7 Å². The van der Waals surface area contributed by atoms with Crippen molar-refractivity contribution in [3.05, 3.63) is 57.2 Å². The molecule has 0 saturated carbocycles. The van der Waals surface area contributed by atoms with Gasteiger partial charge in [0.05, 0.1) is 29.4 Å². The van der Waals surface area contributed by atoms with Crippen LogP contribution in [0.15, 0.2) is 42.5 Å². The molecule has 0 amide bonds. The van der Waals surface area contributed by atoms with Crippen molar-refractivity contribution in [2.75, 3.05) is 0 Å². The highest BCUT2D eigenvalue weighted by atomic mass is 127. The van der Waals surface area contributed by atoms with E-state index >= 15 is 0 Å². The van der Waals surface area contributed by atoms with Crippen molar-refractivity contribution >= 4 is 29.9 Å². The second kappa shape index (κ2) is 7.80. The van der Waals surface area contributed by atoms with Gasteiger partial charge in [-0.1, -0.05) is 0 Å². The third-order valence-corrected chi connectivity index (χ3v) is 5.90. The molecule has 3 rings (SSSR count). The summed E-state index contributed by atoms with van der Waals surface area (Å²) in [5.74, 6) is 1.38. The zero-order valence-electron chi connectivity index (χ0n) is 15.8. The Bertz CT molecular complexity index is 845. The van der Waals surface area contributed by atoms with E-state index in [1.165, 1.54) is 0 Å². The molecule has 2 aromatic rings. The van der Waals surface area contributed by atoms with Gasteiger partial charge < -0.3 is 18.7 Å². The number of halogens is 1. The van der Waals surface area contributed by atoms with Gasteiger partial charge in [0.1, 0.15) is 11.5 Å². The summed E-state index contributed by atoms with van der Waals surface area (Å²) in [7, 11) is -0.700. The number of hydrogen-bond donors (Lipinski definition) is 0. The first-order valence-corrected chi connectivity index (χ1v) is 9.72. The molecule has 0 N–H and O–H groups in total. The molecular formula is C20H21BINO4. The van der Waals surface area contributed by atoms with Crippen molar-refractivity contribution in [1.82, 2.24) is 0 Å². The summed E-state index contributed by atoms with van der Waals surface area (Å²) in [6, 6.07) is 14.9. The van der Waals surface area contributed by atoms with Gasteiger partial charge in [0.2, 0.25) is 0 Å². The van der Waals surface area contributed by atoms with Crippen molar-refractivity contribution in [3.8, 4) is 17.6 Å². The fraction of sp³-hybridized carbons (Fsp3) is 0.350. The van der Waals surface area contributed by atoms with Crippen molar-refractivity contribution in [2.24, 2.45) is 0 Å². The molecule has 0 aromatic heterocycles. The first kappa shape index (κ1) is 20.1. The number of benzene rings is 2. The second-order valence-corrected chi connectivity index (χ2v) is 8.51. The zero-order valence-corrected chi connectivity index (χ0v) is 17.9. The van der Waals surface area contributed by atoms with Crippen LogP contribution < -0.4 is 4.74 Å². The third kappa shape index (κ3) is 4.64. The minimum absolute atomic E-state index is 0.347. The van der Waals surface area contributed by atoms with Crippen molar-refractivity contribution < 1.29 is 18.7 Å². The molecule has 1 fully saturated rings. The number of hydrogen-bond acceptors (Lipinski definition) is 5. The molecule has 0 atom stereocenters. The number of nitriles is 1. The molecule has 1 heterocycles. The Kier molecular flexibility index (Phi) is 5.82. The monoisotopic (exact) mass is 477 g/mol. The van der Waals surface area contributed by atoms with Crippen LogP contribution in [0, 0.1) is 14.9 Å². The van der Waals surface area contributed by atoms with E-state index in [9.17, 15) is 0 Å². The lowest BCUT2D eigenvalue weighted by atomic mass is 9.90. The van der Waals surface area contributed by atoms with E-state index in [1.807, 2.05) is 45.9 Å². The molecule has 0 spiro atoms. The Morgan fingerprint density at radius 2 is 1.59 bits per heavy atom. The lowest BCUT2D eigenvalue weighted by Gasteiger charge is -2.31. The predicted molar refractivity (Wildman–Crippen MR) is 111 cm³/mol. The van der Waals surface area contributed by atoms with Gasteiger partial charge >= 0.3 is 7.32 Å². The Balaban J connectivity index is 1.66. The first-order valence-electron chi connectivity index (χ1n) is 8.64. The van der Waals surface area contributed by atoms with Gasteiger partial charge in [-0.15, -0.1) is 0 Å². The molecule has 1 aliphatic rings. The molecule has 0 bridgehead atoms. The first-order chi connectivity index (χ1) is 12.7. The summed E-state index contributed by atoms with van der Waals surface area (Å²) in [6.07, 6.45) is 0. The largest absolute Gasteiger partial charge is 0.640 e. The van der Waals surface area contributed by atoms with Crippen molar-refractivity contribution in [3.63, 3.8) is 0 Å². The van der Waals surface area contributed by atoms with Crippen LogP contribution in [0.25, 0.3) is 0 Å². The highest BCUT2D eigenvalue weighted by Gasteiger charge is 2.52. The normalized spacial score (nSPS) is 17.6. The Labute approximate surface area is 173 Å². The van der Waals surface area contributed by atoms with Gasteiger partial charge in [-0.3, -0.25) is 0 Å². The molecule has 27 heavy (non-hydrogen) atoms. The average molecular weight is 477 g/mol. The summed E-state index contributed by atoms with van der Waals surface area (Å²) in [5.41, 5.74) is 0.731. The summed E-state index contributed by atoms with van der Waals surface area (Å²) in [4.78, 5) is 0. The topological polar surface area (TPSA) is 60.7 Å². The third-order valence-electron chi connectivity index (χ3n) is 4.84. The van der Waals surface area contributed by atoms with Gasteiger partial charge in [0.15, 0.2) is 0 Å². The second-order valence-electron chi connectivity index (χ2n) is 7.35. The van der Waals surface area contributed by atoms with Crippen molar-refractivity contribution in [1.29, 1.82) is 5.26 Å². The van der Waals surface area contributed by atoms with Crippen LogP contribution in [0.5, 0.6) is 11.5 Å². The van der Waals surface area contributed by atoms with E-state index in [0.29, 0.717) is 23.7 Å². The molecule has 1 saturated heterocycles. The highest BCUT2D eigenvalue weighted by molar-refractivity contribution is 14.1. The molecule has 1 aliphatic heterocycles. The van der Waals surface area contributed by atoms with Crippen LogP contribution in [0.1, 0.15) is 38.8 Å². The van der Waals surface area contributed by atoms with E-state index < -0.39 is 18.5 Å². The van der Waals surface area contributed by atoms with Gasteiger partial charge in [0.25, 0.3) is 0 Å². The fourth-order valence-electron chi connectivity index (χ4n) is 2.47. The minimum Gasteiger partial charge on any atom is -0.457 e. The van der Waals surface area contributed by atoms with Crippen LogP contribution in [0.4, 0.5) is 0 Å². The van der Waals surface area contributed by atoms with Gasteiger partial charge in [0, 0.05) is 3.57 Å². The molecule has 7 heteroatoms. The van der Waals surface area contributed by atoms with Gasteiger partial charge in [-0.05, 0) is 98.3 Å². The molecule has 0 radical (unpaired) electrons. The van der Waals surface area contributed by atoms with E-state index in [4.69, 9.17) is 24.0 Å². The summed E-state index contributed by atoms with van der Waals surface area (Å²) in [6.45, 7) is 8.32. The van der Waals surface area contributed by atoms with E-state index in [0.717, 1.165) is 9.13 Å². The Morgan fingerprint density at radius 3 is 2.19 bits per heavy atom. The standard InChI is InChI=1S/C20H21BINO4/c1-19(2)20(3,4)27-21(26-19)24-13-15-11-17(9-10-18(15)22)25-16-7-5-14(12-23)6-8-16/h5-11H,13H2,1-4H3. The lowest BCUT2D eigenvalue weighted by molar-refractivity contribution is 0.00578. The number of rotatable bonds is 5. The van der Waals surface area contributed by atoms with Crippen LogP contribution >= 0.6 is 22.6 Å². The van der Waals surface area contributed by atoms with Crippen molar-refractivity contribution in [2.45, 2.75) is 45.5 Å². The zero-order chi connectivity index (χ0) is 19.7.